The predicted octanol–water partition coefficient (Wildman–Crippen LogP) is 3.85. The molecule has 0 atom stereocenters. The van der Waals surface area contributed by atoms with E-state index in [9.17, 15) is 4.39 Å². The number of rotatable bonds is 6. The topological polar surface area (TPSA) is 42.2 Å². The fraction of sp³-hybridized carbons (Fsp3) is 0.235. The normalized spacial score (nSPS) is 9.95. The molecule has 3 nitrogen and oxygen atoms in total. The van der Waals surface area contributed by atoms with Crippen LogP contribution in [0.2, 0.25) is 0 Å². The summed E-state index contributed by atoms with van der Waals surface area (Å²) >= 11 is 0. The van der Waals surface area contributed by atoms with Crippen molar-refractivity contribution in [1.29, 1.82) is 5.26 Å². The van der Waals surface area contributed by atoms with Crippen LogP contribution in [-0.2, 0) is 0 Å². The van der Waals surface area contributed by atoms with Crippen molar-refractivity contribution in [2.45, 2.75) is 13.3 Å². The number of halogens is 1. The highest BCUT2D eigenvalue weighted by Gasteiger charge is 2.05. The van der Waals surface area contributed by atoms with Crippen LogP contribution in [0.25, 0.3) is 0 Å². The molecule has 0 saturated heterocycles. The molecule has 0 bridgehead atoms. The molecule has 2 aromatic rings. The van der Waals surface area contributed by atoms with E-state index in [-0.39, 0.29) is 11.6 Å². The van der Waals surface area contributed by atoms with Crippen molar-refractivity contribution in [2.24, 2.45) is 0 Å². The van der Waals surface area contributed by atoms with E-state index in [4.69, 9.17) is 14.7 Å². The summed E-state index contributed by atoms with van der Waals surface area (Å²) in [5, 5.41) is 8.69. The van der Waals surface area contributed by atoms with Crippen LogP contribution in [-0.4, -0.2) is 13.2 Å². The average molecular weight is 285 g/mol. The Balaban J connectivity index is 1.72. The van der Waals surface area contributed by atoms with Gasteiger partial charge in [0.25, 0.3) is 0 Å². The zero-order valence-corrected chi connectivity index (χ0v) is 11.8. The van der Waals surface area contributed by atoms with Gasteiger partial charge in [0.1, 0.15) is 5.75 Å². The Kier molecular flexibility index (Phi) is 5.16. The van der Waals surface area contributed by atoms with E-state index in [0.29, 0.717) is 36.5 Å². The zero-order valence-electron chi connectivity index (χ0n) is 11.8. The summed E-state index contributed by atoms with van der Waals surface area (Å²) < 4.78 is 24.6. The maximum Gasteiger partial charge on any atom is 0.167 e. The molecule has 0 aliphatic rings. The highest BCUT2D eigenvalue weighted by molar-refractivity contribution is 5.34. The van der Waals surface area contributed by atoms with Crippen LogP contribution in [0.5, 0.6) is 11.5 Å². The van der Waals surface area contributed by atoms with Gasteiger partial charge in [0, 0.05) is 6.42 Å². The molecule has 4 heteroatoms. The quantitative estimate of drug-likeness (QED) is 0.757. The summed E-state index contributed by atoms with van der Waals surface area (Å²) in [5.41, 5.74) is 1.17. The first-order valence-electron chi connectivity index (χ1n) is 6.71. The van der Waals surface area contributed by atoms with E-state index in [2.05, 4.69) is 0 Å². The molecular weight excluding hydrogens is 269 g/mol. The van der Waals surface area contributed by atoms with Gasteiger partial charge in [0.15, 0.2) is 11.6 Å². The summed E-state index contributed by atoms with van der Waals surface area (Å²) in [6.45, 7) is 2.56. The van der Waals surface area contributed by atoms with Crippen molar-refractivity contribution >= 4 is 0 Å². The molecule has 0 aliphatic heterocycles. The summed E-state index contributed by atoms with van der Waals surface area (Å²) in [6, 6.07) is 14.0. The second-order valence-electron chi connectivity index (χ2n) is 4.57. The van der Waals surface area contributed by atoms with Crippen LogP contribution in [0.15, 0.2) is 42.5 Å². The lowest BCUT2D eigenvalue weighted by atomic mass is 10.2. The number of hydrogen-bond donors (Lipinski definition) is 0. The molecule has 2 rings (SSSR count). The maximum absolute atomic E-state index is 13.7. The Morgan fingerprint density at radius 3 is 2.48 bits per heavy atom. The summed E-state index contributed by atoms with van der Waals surface area (Å²) in [4.78, 5) is 0. The third kappa shape index (κ3) is 4.22. The highest BCUT2D eigenvalue weighted by atomic mass is 19.1. The Labute approximate surface area is 123 Å². The van der Waals surface area contributed by atoms with Crippen LogP contribution >= 0.6 is 0 Å². The molecule has 0 radical (unpaired) electrons. The Bertz CT molecular complexity index is 632. The van der Waals surface area contributed by atoms with Gasteiger partial charge in [0.2, 0.25) is 0 Å². The number of hydrogen-bond acceptors (Lipinski definition) is 3. The van der Waals surface area contributed by atoms with Gasteiger partial charge in [-0.25, -0.2) is 4.39 Å². The summed E-state index contributed by atoms with van der Waals surface area (Å²) in [5.74, 6) is 0.662. The van der Waals surface area contributed by atoms with Gasteiger partial charge in [-0.1, -0.05) is 12.1 Å². The van der Waals surface area contributed by atoms with Gasteiger partial charge < -0.3 is 9.47 Å². The molecule has 0 unspecified atom stereocenters. The van der Waals surface area contributed by atoms with E-state index < -0.39 is 0 Å². The lowest BCUT2D eigenvalue weighted by Gasteiger charge is -2.09. The van der Waals surface area contributed by atoms with E-state index in [1.165, 1.54) is 0 Å². The smallest absolute Gasteiger partial charge is 0.167 e. The first-order chi connectivity index (χ1) is 10.2. The zero-order chi connectivity index (χ0) is 15.1. The molecule has 0 amide bonds. The van der Waals surface area contributed by atoms with Gasteiger partial charge in [-0.2, -0.15) is 5.26 Å². The van der Waals surface area contributed by atoms with E-state index in [0.717, 1.165) is 0 Å². The SMILES string of the molecule is Cc1cccc(OCCCOc2ccc(C#N)cc2)c1F. The first-order valence-corrected chi connectivity index (χ1v) is 6.71. The molecule has 0 aliphatic carbocycles. The van der Waals surface area contributed by atoms with Crippen molar-refractivity contribution < 1.29 is 13.9 Å². The second kappa shape index (κ2) is 7.30. The monoisotopic (exact) mass is 285 g/mol. The molecule has 0 N–H and O–H groups in total. The standard InChI is InChI=1S/C17H16FNO2/c1-13-4-2-5-16(17(13)18)21-11-3-10-20-15-8-6-14(12-19)7-9-15/h2,4-9H,3,10-11H2,1H3. The number of nitrogens with zero attached hydrogens (tertiary/aromatic N) is 1. The van der Waals surface area contributed by atoms with Crippen molar-refractivity contribution in [1.82, 2.24) is 0 Å². The van der Waals surface area contributed by atoms with Gasteiger partial charge >= 0.3 is 0 Å². The van der Waals surface area contributed by atoms with E-state index in [1.54, 1.807) is 49.4 Å². The van der Waals surface area contributed by atoms with Crippen LogP contribution in [0.1, 0.15) is 17.5 Å². The molecular formula is C17H16FNO2. The Morgan fingerprint density at radius 1 is 1.05 bits per heavy atom. The van der Waals surface area contributed by atoms with E-state index >= 15 is 0 Å². The number of nitriles is 1. The average Bonchev–Trinajstić information content (AvgIpc) is 2.51. The molecule has 21 heavy (non-hydrogen) atoms. The van der Waals surface area contributed by atoms with Crippen molar-refractivity contribution in [3.8, 4) is 17.6 Å². The molecule has 108 valence electrons. The number of benzene rings is 2. The Hall–Kier alpha value is -2.54. The van der Waals surface area contributed by atoms with E-state index in [1.807, 2.05) is 6.07 Å². The summed E-state index contributed by atoms with van der Waals surface area (Å²) in [7, 11) is 0. The van der Waals surface area contributed by atoms with Gasteiger partial charge in [0.05, 0.1) is 24.8 Å². The van der Waals surface area contributed by atoms with Gasteiger partial charge in [-0.3, -0.25) is 0 Å². The molecule has 0 heterocycles. The third-order valence-corrected chi connectivity index (χ3v) is 2.95. The maximum atomic E-state index is 13.7. The van der Waals surface area contributed by atoms with Gasteiger partial charge in [-0.05, 0) is 42.8 Å². The molecule has 2 aromatic carbocycles. The van der Waals surface area contributed by atoms with Crippen molar-refractivity contribution in [3.63, 3.8) is 0 Å². The minimum atomic E-state index is -0.314. The largest absolute Gasteiger partial charge is 0.493 e. The minimum Gasteiger partial charge on any atom is -0.493 e. The van der Waals surface area contributed by atoms with Gasteiger partial charge in [-0.15, -0.1) is 0 Å². The Morgan fingerprint density at radius 2 is 1.76 bits per heavy atom. The molecule has 0 aromatic heterocycles. The van der Waals surface area contributed by atoms with Crippen molar-refractivity contribution in [2.75, 3.05) is 13.2 Å². The predicted molar refractivity (Wildman–Crippen MR) is 77.9 cm³/mol. The number of ether oxygens (including phenoxy) is 2. The van der Waals surface area contributed by atoms with Crippen molar-refractivity contribution in [3.05, 3.63) is 59.4 Å². The van der Waals surface area contributed by atoms with Crippen LogP contribution < -0.4 is 9.47 Å². The third-order valence-electron chi connectivity index (χ3n) is 2.95. The molecule has 0 fully saturated rings. The fourth-order valence-corrected chi connectivity index (χ4v) is 1.79. The highest BCUT2D eigenvalue weighted by Crippen LogP contribution is 2.19. The van der Waals surface area contributed by atoms with Crippen LogP contribution in [0.4, 0.5) is 4.39 Å². The lowest BCUT2D eigenvalue weighted by molar-refractivity contribution is 0.241. The first kappa shape index (κ1) is 14.9. The lowest BCUT2D eigenvalue weighted by Crippen LogP contribution is -2.06. The van der Waals surface area contributed by atoms with Crippen LogP contribution in [0, 0.1) is 24.1 Å². The fourth-order valence-electron chi connectivity index (χ4n) is 1.79. The summed E-state index contributed by atoms with van der Waals surface area (Å²) in [6.07, 6.45) is 0.646. The number of aryl methyl sites for hydroxylation is 1. The van der Waals surface area contributed by atoms with Crippen LogP contribution in [0.3, 0.4) is 0 Å². The second-order valence-corrected chi connectivity index (χ2v) is 4.57. The molecule has 0 spiro atoms. The molecule has 0 saturated carbocycles. The minimum absolute atomic E-state index is 0.272.